The van der Waals surface area contributed by atoms with Crippen LogP contribution in [-0.2, 0) is 11.2 Å². The van der Waals surface area contributed by atoms with E-state index in [-0.39, 0.29) is 17.5 Å². The van der Waals surface area contributed by atoms with Gasteiger partial charge in [0.05, 0.1) is 4.92 Å². The van der Waals surface area contributed by atoms with Crippen molar-refractivity contribution in [3.05, 3.63) is 33.9 Å². The van der Waals surface area contributed by atoms with E-state index in [2.05, 4.69) is 5.32 Å². The Labute approximate surface area is 105 Å². The molecule has 1 aliphatic rings. The number of benzene rings is 1. The zero-order valence-electron chi connectivity index (χ0n) is 10.5. The van der Waals surface area contributed by atoms with E-state index in [4.69, 9.17) is 0 Å². The first-order chi connectivity index (χ1) is 8.52. The van der Waals surface area contributed by atoms with Crippen LogP contribution in [0, 0.1) is 22.0 Å². The van der Waals surface area contributed by atoms with Crippen molar-refractivity contribution in [3.63, 3.8) is 0 Å². The average molecular weight is 248 g/mol. The Kier molecular flexibility index (Phi) is 3.32. The second-order valence-corrected chi connectivity index (χ2v) is 4.76. The molecule has 1 fully saturated rings. The number of hydrogen-bond donors (Lipinski definition) is 1. The SMILES string of the molecule is CCc1ccc(NC(=O)[C@@H]2C[C@@H]2C)cc1[N+](=O)[O-]. The van der Waals surface area contributed by atoms with Gasteiger partial charge < -0.3 is 5.32 Å². The van der Waals surface area contributed by atoms with Crippen LogP contribution in [-0.4, -0.2) is 10.8 Å². The summed E-state index contributed by atoms with van der Waals surface area (Å²) >= 11 is 0. The van der Waals surface area contributed by atoms with Crippen molar-refractivity contribution in [2.24, 2.45) is 11.8 Å². The van der Waals surface area contributed by atoms with Gasteiger partial charge in [-0.15, -0.1) is 0 Å². The Morgan fingerprint density at radius 2 is 2.22 bits per heavy atom. The molecule has 0 bridgehead atoms. The Bertz CT molecular complexity index is 499. The number of hydrogen-bond acceptors (Lipinski definition) is 3. The van der Waals surface area contributed by atoms with Crippen LogP contribution < -0.4 is 5.32 Å². The summed E-state index contributed by atoms with van der Waals surface area (Å²) in [5.74, 6) is 0.450. The van der Waals surface area contributed by atoms with Crippen molar-refractivity contribution in [2.45, 2.75) is 26.7 Å². The molecule has 18 heavy (non-hydrogen) atoms. The monoisotopic (exact) mass is 248 g/mol. The van der Waals surface area contributed by atoms with Crippen molar-refractivity contribution in [1.82, 2.24) is 0 Å². The molecular weight excluding hydrogens is 232 g/mol. The Morgan fingerprint density at radius 1 is 1.56 bits per heavy atom. The van der Waals surface area contributed by atoms with Crippen LogP contribution >= 0.6 is 0 Å². The minimum absolute atomic E-state index is 0.0407. The van der Waals surface area contributed by atoms with Crippen molar-refractivity contribution in [2.75, 3.05) is 5.32 Å². The van der Waals surface area contributed by atoms with Gasteiger partial charge in [-0.25, -0.2) is 0 Å². The first kappa shape index (κ1) is 12.5. The summed E-state index contributed by atoms with van der Waals surface area (Å²) in [6.07, 6.45) is 1.51. The second kappa shape index (κ2) is 4.76. The molecule has 0 spiro atoms. The predicted molar refractivity (Wildman–Crippen MR) is 68.4 cm³/mol. The molecule has 1 aromatic carbocycles. The lowest BCUT2D eigenvalue weighted by Crippen LogP contribution is -2.14. The topological polar surface area (TPSA) is 72.2 Å². The Morgan fingerprint density at radius 3 is 2.72 bits per heavy atom. The summed E-state index contributed by atoms with van der Waals surface area (Å²) in [4.78, 5) is 22.2. The Balaban J connectivity index is 2.16. The fourth-order valence-corrected chi connectivity index (χ4v) is 2.03. The summed E-state index contributed by atoms with van der Waals surface area (Å²) in [6.45, 7) is 3.89. The van der Waals surface area contributed by atoms with Crippen LogP contribution in [0.3, 0.4) is 0 Å². The van der Waals surface area contributed by atoms with Gasteiger partial charge in [-0.3, -0.25) is 14.9 Å². The van der Waals surface area contributed by atoms with E-state index in [0.717, 1.165) is 6.42 Å². The normalized spacial score (nSPS) is 21.4. The molecule has 1 aliphatic carbocycles. The summed E-state index contributed by atoms with van der Waals surface area (Å²) in [5, 5.41) is 13.6. The molecular formula is C13H16N2O3. The summed E-state index contributed by atoms with van der Waals surface area (Å²) in [6, 6.07) is 4.85. The zero-order valence-corrected chi connectivity index (χ0v) is 10.5. The molecule has 0 heterocycles. The highest BCUT2D eigenvalue weighted by Crippen LogP contribution is 2.38. The first-order valence-electron chi connectivity index (χ1n) is 6.11. The highest BCUT2D eigenvalue weighted by atomic mass is 16.6. The van der Waals surface area contributed by atoms with Crippen LogP contribution in [0.15, 0.2) is 18.2 Å². The van der Waals surface area contributed by atoms with E-state index in [9.17, 15) is 14.9 Å². The van der Waals surface area contributed by atoms with E-state index in [1.807, 2.05) is 13.8 Å². The van der Waals surface area contributed by atoms with Gasteiger partial charge in [0, 0.05) is 23.2 Å². The molecule has 0 aliphatic heterocycles. The zero-order chi connectivity index (χ0) is 13.3. The fourth-order valence-electron chi connectivity index (χ4n) is 2.03. The maximum absolute atomic E-state index is 11.7. The number of anilines is 1. The van der Waals surface area contributed by atoms with Crippen LogP contribution in [0.4, 0.5) is 11.4 Å². The third kappa shape index (κ3) is 2.50. The molecule has 5 nitrogen and oxygen atoms in total. The summed E-state index contributed by atoms with van der Waals surface area (Å²) in [5.41, 5.74) is 1.25. The summed E-state index contributed by atoms with van der Waals surface area (Å²) < 4.78 is 0. The van der Waals surface area contributed by atoms with Crippen molar-refractivity contribution < 1.29 is 9.72 Å². The minimum Gasteiger partial charge on any atom is -0.326 e. The third-order valence-electron chi connectivity index (χ3n) is 3.38. The maximum Gasteiger partial charge on any atom is 0.274 e. The molecule has 0 unspecified atom stereocenters. The highest BCUT2D eigenvalue weighted by Gasteiger charge is 2.39. The number of nitro groups is 1. The number of nitrogens with zero attached hydrogens (tertiary/aromatic N) is 1. The molecule has 1 aromatic rings. The minimum atomic E-state index is -0.408. The largest absolute Gasteiger partial charge is 0.326 e. The van der Waals surface area contributed by atoms with Gasteiger partial charge in [0.25, 0.3) is 5.69 Å². The van der Waals surface area contributed by atoms with Crippen molar-refractivity contribution in [3.8, 4) is 0 Å². The van der Waals surface area contributed by atoms with Gasteiger partial charge in [0.1, 0.15) is 0 Å². The average Bonchev–Trinajstić information content (AvgIpc) is 3.06. The van der Waals surface area contributed by atoms with Crippen LogP contribution in [0.25, 0.3) is 0 Å². The second-order valence-electron chi connectivity index (χ2n) is 4.76. The van der Waals surface area contributed by atoms with Gasteiger partial charge >= 0.3 is 0 Å². The first-order valence-corrected chi connectivity index (χ1v) is 6.11. The van der Waals surface area contributed by atoms with Crippen LogP contribution in [0.2, 0.25) is 0 Å². The van der Waals surface area contributed by atoms with Gasteiger partial charge in [0.15, 0.2) is 0 Å². The molecule has 0 aromatic heterocycles. The molecule has 1 N–H and O–H groups in total. The number of rotatable bonds is 4. The van der Waals surface area contributed by atoms with Gasteiger partial charge in [-0.2, -0.15) is 0 Å². The van der Waals surface area contributed by atoms with E-state index in [1.165, 1.54) is 6.07 Å². The number of nitro benzene ring substituents is 1. The van der Waals surface area contributed by atoms with Crippen LogP contribution in [0.1, 0.15) is 25.8 Å². The molecule has 0 radical (unpaired) electrons. The quantitative estimate of drug-likeness (QED) is 0.657. The maximum atomic E-state index is 11.7. The molecule has 2 rings (SSSR count). The molecule has 1 saturated carbocycles. The van der Waals surface area contributed by atoms with Crippen molar-refractivity contribution in [1.29, 1.82) is 0 Å². The number of amides is 1. The molecule has 5 heteroatoms. The highest BCUT2D eigenvalue weighted by molar-refractivity contribution is 5.94. The lowest BCUT2D eigenvalue weighted by atomic mass is 10.1. The Hall–Kier alpha value is -1.91. The number of carbonyl (C=O) groups is 1. The van der Waals surface area contributed by atoms with Gasteiger partial charge in [-0.05, 0) is 24.8 Å². The van der Waals surface area contributed by atoms with E-state index < -0.39 is 4.92 Å². The molecule has 1 amide bonds. The van der Waals surface area contributed by atoms with E-state index >= 15 is 0 Å². The lowest BCUT2D eigenvalue weighted by Gasteiger charge is -2.06. The number of aryl methyl sites for hydroxylation is 1. The predicted octanol–water partition coefficient (Wildman–Crippen LogP) is 2.75. The standard InChI is InChI=1S/C13H16N2O3/c1-3-9-4-5-10(7-12(9)15(17)18)14-13(16)11-6-8(11)2/h4-5,7-8,11H,3,6H2,1-2H3,(H,14,16)/t8-,11+/m0/s1. The summed E-state index contributed by atoms with van der Waals surface area (Å²) in [7, 11) is 0. The smallest absolute Gasteiger partial charge is 0.274 e. The van der Waals surface area contributed by atoms with Gasteiger partial charge in [-0.1, -0.05) is 19.9 Å². The van der Waals surface area contributed by atoms with Gasteiger partial charge in [0.2, 0.25) is 5.91 Å². The lowest BCUT2D eigenvalue weighted by molar-refractivity contribution is -0.385. The fraction of sp³-hybridized carbons (Fsp3) is 0.462. The third-order valence-corrected chi connectivity index (χ3v) is 3.38. The molecule has 2 atom stereocenters. The molecule has 96 valence electrons. The number of carbonyl (C=O) groups excluding carboxylic acids is 1. The van der Waals surface area contributed by atoms with Crippen LogP contribution in [0.5, 0.6) is 0 Å². The van der Waals surface area contributed by atoms with E-state index in [0.29, 0.717) is 23.6 Å². The number of nitrogens with one attached hydrogen (secondary N) is 1. The molecule has 0 saturated heterocycles. The van der Waals surface area contributed by atoms with E-state index in [1.54, 1.807) is 12.1 Å². The van der Waals surface area contributed by atoms with Crippen molar-refractivity contribution >= 4 is 17.3 Å².